The Balaban J connectivity index is 2.54. The van der Waals surface area contributed by atoms with Crippen LogP contribution in [0.25, 0.3) is 5.69 Å². The molecule has 2 rings (SSSR count). The van der Waals surface area contributed by atoms with E-state index in [-0.39, 0.29) is 22.8 Å². The van der Waals surface area contributed by atoms with Crippen molar-refractivity contribution in [1.82, 2.24) is 14.3 Å². The summed E-state index contributed by atoms with van der Waals surface area (Å²) in [6.45, 7) is 3.82. The summed E-state index contributed by atoms with van der Waals surface area (Å²) in [6, 6.07) is 2.28. The molecule has 0 fully saturated rings. The predicted molar refractivity (Wildman–Crippen MR) is 85.2 cm³/mol. The topological polar surface area (TPSA) is 86.3 Å². The lowest BCUT2D eigenvalue weighted by atomic mass is 10.2. The molecule has 0 bridgehead atoms. The summed E-state index contributed by atoms with van der Waals surface area (Å²) in [5, 5.41) is 13.6. The number of aldehydes is 1. The highest BCUT2D eigenvalue weighted by molar-refractivity contribution is 5.80. The number of aliphatic hydroxyl groups is 1. The molecule has 1 aromatic heterocycles. The van der Waals surface area contributed by atoms with Gasteiger partial charge in [0.2, 0.25) is 0 Å². The molecule has 0 amide bonds. The molecule has 1 heterocycles. The molecule has 24 heavy (non-hydrogen) atoms. The molecule has 1 N–H and O–H groups in total. The smallest absolute Gasteiger partial charge is 0.350 e. The zero-order valence-corrected chi connectivity index (χ0v) is 13.8. The van der Waals surface area contributed by atoms with Gasteiger partial charge in [0.25, 0.3) is 0 Å². The van der Waals surface area contributed by atoms with E-state index in [9.17, 15) is 19.1 Å². The Bertz CT molecular complexity index is 795. The van der Waals surface area contributed by atoms with Crippen molar-refractivity contribution in [1.29, 1.82) is 0 Å². The quantitative estimate of drug-likeness (QED) is 0.614. The Labute approximate surface area is 138 Å². The minimum Gasteiger partial charge on any atom is -0.493 e. The first kappa shape index (κ1) is 17.9. The minimum absolute atomic E-state index is 0.0621. The molecule has 0 aliphatic rings. The molecule has 0 saturated heterocycles. The molecule has 0 radical (unpaired) electrons. The van der Waals surface area contributed by atoms with Crippen LogP contribution < -0.4 is 10.4 Å². The Morgan fingerprint density at radius 3 is 2.71 bits per heavy atom. The lowest BCUT2D eigenvalue weighted by Crippen LogP contribution is -2.23. The van der Waals surface area contributed by atoms with Crippen molar-refractivity contribution in [2.45, 2.75) is 32.8 Å². The molecule has 0 spiro atoms. The van der Waals surface area contributed by atoms with Gasteiger partial charge in [0.1, 0.15) is 23.4 Å². The summed E-state index contributed by atoms with van der Waals surface area (Å²) < 4.78 is 21.8. The number of rotatable bonds is 7. The van der Waals surface area contributed by atoms with Crippen LogP contribution in [0.4, 0.5) is 4.39 Å². The van der Waals surface area contributed by atoms with Crippen molar-refractivity contribution in [2.75, 3.05) is 6.61 Å². The number of carbonyl (C=O) groups is 1. The van der Waals surface area contributed by atoms with Crippen molar-refractivity contribution < 1.29 is 19.0 Å². The summed E-state index contributed by atoms with van der Waals surface area (Å²) in [6.07, 6.45) is 1.20. The van der Waals surface area contributed by atoms with Crippen LogP contribution in [0.1, 0.15) is 49.0 Å². The average molecular weight is 337 g/mol. The Kier molecular flexibility index (Phi) is 5.50. The van der Waals surface area contributed by atoms with Gasteiger partial charge < -0.3 is 9.84 Å². The highest BCUT2D eigenvalue weighted by atomic mass is 19.1. The summed E-state index contributed by atoms with van der Waals surface area (Å²) in [5.41, 5.74) is -0.685. The van der Waals surface area contributed by atoms with Gasteiger partial charge in [-0.1, -0.05) is 13.3 Å². The fourth-order valence-electron chi connectivity index (χ4n) is 2.24. The van der Waals surface area contributed by atoms with Gasteiger partial charge in [-0.15, -0.1) is 5.10 Å². The molecular formula is C16H20FN3O4. The van der Waals surface area contributed by atoms with Gasteiger partial charge in [-0.3, -0.25) is 9.36 Å². The van der Waals surface area contributed by atoms with E-state index < -0.39 is 17.6 Å². The molecule has 1 atom stereocenters. The van der Waals surface area contributed by atoms with Crippen LogP contribution in [0, 0.1) is 5.82 Å². The summed E-state index contributed by atoms with van der Waals surface area (Å²) in [7, 11) is 1.43. The van der Waals surface area contributed by atoms with Crippen LogP contribution >= 0.6 is 0 Å². The second-order valence-corrected chi connectivity index (χ2v) is 5.45. The van der Waals surface area contributed by atoms with E-state index in [1.165, 1.54) is 20.0 Å². The second kappa shape index (κ2) is 7.39. The summed E-state index contributed by atoms with van der Waals surface area (Å²) in [5.74, 6) is -0.490. The maximum Gasteiger partial charge on any atom is 0.350 e. The standard InChI is InChI=1S/C16H20FN3O4/c1-4-5-6-24-14-8-13(12(17)7-11(14)9-21)20-16(23)19(3)15(18-20)10(2)22/h7-10,22H,4-6H2,1-3H3. The van der Waals surface area contributed by atoms with E-state index in [4.69, 9.17) is 4.74 Å². The van der Waals surface area contributed by atoms with Crippen LogP contribution in [0.15, 0.2) is 16.9 Å². The largest absolute Gasteiger partial charge is 0.493 e. The predicted octanol–water partition coefficient (Wildman–Crippen LogP) is 1.75. The van der Waals surface area contributed by atoms with Gasteiger partial charge in [-0.25, -0.2) is 9.18 Å². The van der Waals surface area contributed by atoms with Gasteiger partial charge in [-0.2, -0.15) is 4.68 Å². The van der Waals surface area contributed by atoms with Crippen LogP contribution in [-0.2, 0) is 7.05 Å². The molecular weight excluding hydrogens is 317 g/mol. The SMILES string of the molecule is CCCCOc1cc(-n2nc(C(C)O)n(C)c2=O)c(F)cc1C=O. The number of nitrogens with zero attached hydrogens (tertiary/aromatic N) is 3. The Morgan fingerprint density at radius 2 is 2.17 bits per heavy atom. The van der Waals surface area contributed by atoms with Gasteiger partial charge in [0, 0.05) is 13.1 Å². The molecule has 8 heteroatoms. The van der Waals surface area contributed by atoms with Crippen molar-refractivity contribution >= 4 is 6.29 Å². The Morgan fingerprint density at radius 1 is 1.46 bits per heavy atom. The number of hydrogen-bond donors (Lipinski definition) is 1. The number of halogens is 1. The van der Waals surface area contributed by atoms with E-state index in [1.807, 2.05) is 6.92 Å². The van der Waals surface area contributed by atoms with Gasteiger partial charge in [0.15, 0.2) is 12.1 Å². The van der Waals surface area contributed by atoms with Crippen LogP contribution in [0.5, 0.6) is 5.75 Å². The van der Waals surface area contributed by atoms with E-state index in [1.54, 1.807) is 0 Å². The molecule has 1 unspecified atom stereocenters. The number of carbonyl (C=O) groups excluding carboxylic acids is 1. The fourth-order valence-corrected chi connectivity index (χ4v) is 2.24. The number of hydrogen-bond acceptors (Lipinski definition) is 5. The van der Waals surface area contributed by atoms with E-state index in [0.717, 1.165) is 28.2 Å². The molecule has 0 aliphatic heterocycles. The first-order chi connectivity index (χ1) is 11.4. The number of unbranched alkanes of at least 4 members (excludes halogenated alkanes) is 1. The van der Waals surface area contributed by atoms with Gasteiger partial charge in [0.05, 0.1) is 12.2 Å². The van der Waals surface area contributed by atoms with E-state index >= 15 is 0 Å². The fraction of sp³-hybridized carbons (Fsp3) is 0.438. The Hall–Kier alpha value is -2.48. The normalized spacial score (nSPS) is 12.2. The van der Waals surface area contributed by atoms with E-state index in [2.05, 4.69) is 5.10 Å². The van der Waals surface area contributed by atoms with Gasteiger partial charge in [-0.05, 0) is 19.4 Å². The highest BCUT2D eigenvalue weighted by Gasteiger charge is 2.20. The van der Waals surface area contributed by atoms with Gasteiger partial charge >= 0.3 is 5.69 Å². The number of benzene rings is 1. The average Bonchev–Trinajstić information content (AvgIpc) is 2.84. The zero-order valence-electron chi connectivity index (χ0n) is 13.8. The highest BCUT2D eigenvalue weighted by Crippen LogP contribution is 2.24. The lowest BCUT2D eigenvalue weighted by Gasteiger charge is -2.10. The molecule has 2 aromatic rings. The van der Waals surface area contributed by atoms with Crippen molar-refractivity contribution in [2.24, 2.45) is 7.05 Å². The number of ether oxygens (including phenoxy) is 1. The molecule has 130 valence electrons. The second-order valence-electron chi connectivity index (χ2n) is 5.45. The van der Waals surface area contributed by atoms with Crippen LogP contribution in [0.3, 0.4) is 0 Å². The first-order valence-electron chi connectivity index (χ1n) is 7.66. The summed E-state index contributed by atoms with van der Waals surface area (Å²) in [4.78, 5) is 23.4. The van der Waals surface area contributed by atoms with Crippen LogP contribution in [-0.4, -0.2) is 32.3 Å². The van der Waals surface area contributed by atoms with Crippen molar-refractivity contribution in [3.8, 4) is 11.4 Å². The molecule has 1 aromatic carbocycles. The first-order valence-corrected chi connectivity index (χ1v) is 7.66. The minimum atomic E-state index is -0.985. The number of aliphatic hydroxyl groups excluding tert-OH is 1. The van der Waals surface area contributed by atoms with E-state index in [0.29, 0.717) is 12.9 Å². The lowest BCUT2D eigenvalue weighted by molar-refractivity contribution is 0.111. The molecule has 7 nitrogen and oxygen atoms in total. The summed E-state index contributed by atoms with van der Waals surface area (Å²) >= 11 is 0. The molecule has 0 aliphatic carbocycles. The number of aromatic nitrogens is 3. The maximum atomic E-state index is 14.3. The third kappa shape index (κ3) is 3.38. The third-order valence-corrected chi connectivity index (χ3v) is 3.58. The van der Waals surface area contributed by atoms with Crippen molar-refractivity contribution in [3.63, 3.8) is 0 Å². The zero-order chi connectivity index (χ0) is 17.9. The molecule has 0 saturated carbocycles. The van der Waals surface area contributed by atoms with Crippen molar-refractivity contribution in [3.05, 3.63) is 39.8 Å². The third-order valence-electron chi connectivity index (χ3n) is 3.58. The van der Waals surface area contributed by atoms with Crippen LogP contribution in [0.2, 0.25) is 0 Å². The monoisotopic (exact) mass is 337 g/mol. The maximum absolute atomic E-state index is 14.3.